The minimum atomic E-state index is -3.69. The first-order valence-electron chi connectivity index (χ1n) is 10.7. The summed E-state index contributed by atoms with van der Waals surface area (Å²) in [5.41, 5.74) is 1.43. The number of piperidine rings is 1. The highest BCUT2D eigenvalue weighted by Gasteiger charge is 2.36. The van der Waals surface area contributed by atoms with Gasteiger partial charge in [-0.05, 0) is 42.7 Å². The van der Waals surface area contributed by atoms with Gasteiger partial charge in [0.15, 0.2) is 5.03 Å². The highest BCUT2D eigenvalue weighted by atomic mass is 32.2. The molecule has 1 aliphatic heterocycles. The summed E-state index contributed by atoms with van der Waals surface area (Å²) in [6.07, 6.45) is 5.40. The van der Waals surface area contributed by atoms with Gasteiger partial charge in [0.1, 0.15) is 5.82 Å². The lowest BCUT2D eigenvalue weighted by atomic mass is 9.94. The number of amides is 1. The number of halogens is 1. The van der Waals surface area contributed by atoms with E-state index in [0.717, 1.165) is 5.56 Å². The quantitative estimate of drug-likeness (QED) is 0.552. The zero-order chi connectivity index (χ0) is 23.6. The third-order valence-corrected chi connectivity index (χ3v) is 7.76. The average Bonchev–Trinajstić information content (AvgIpc) is 3.28. The van der Waals surface area contributed by atoms with Crippen LogP contribution >= 0.6 is 0 Å². The number of hydrogen-bond donors (Lipinski definition) is 0. The SMILES string of the molecule is CN(C(=O)C1CCN(S(=O)(=O)c2cn(C)cn2)CC1)C(c1ccc(F)cc1)c1ccccn1. The first-order valence-corrected chi connectivity index (χ1v) is 12.1. The van der Waals surface area contributed by atoms with Crippen LogP contribution in [0.2, 0.25) is 0 Å². The molecule has 8 nitrogen and oxygen atoms in total. The summed E-state index contributed by atoms with van der Waals surface area (Å²) in [5, 5.41) is 0.0124. The first-order chi connectivity index (χ1) is 15.8. The lowest BCUT2D eigenvalue weighted by Gasteiger charge is -2.35. The van der Waals surface area contributed by atoms with E-state index in [0.29, 0.717) is 18.5 Å². The maximum atomic E-state index is 13.5. The van der Waals surface area contributed by atoms with Crippen molar-refractivity contribution < 1.29 is 17.6 Å². The molecule has 0 saturated carbocycles. The van der Waals surface area contributed by atoms with Gasteiger partial charge in [-0.2, -0.15) is 4.31 Å². The number of imidazole rings is 1. The number of sulfonamides is 1. The molecule has 0 spiro atoms. The summed E-state index contributed by atoms with van der Waals surface area (Å²) in [6, 6.07) is 11.0. The third-order valence-electron chi connectivity index (χ3n) is 5.98. The van der Waals surface area contributed by atoms with Gasteiger partial charge in [-0.3, -0.25) is 9.78 Å². The second-order valence-corrected chi connectivity index (χ2v) is 10.1. The number of hydrogen-bond acceptors (Lipinski definition) is 5. The van der Waals surface area contributed by atoms with E-state index in [1.807, 2.05) is 12.1 Å². The summed E-state index contributed by atoms with van der Waals surface area (Å²) in [5.74, 6) is -0.768. The molecule has 0 N–H and O–H groups in total. The fourth-order valence-electron chi connectivity index (χ4n) is 4.19. The van der Waals surface area contributed by atoms with E-state index >= 15 is 0 Å². The Bertz CT molecular complexity index is 1210. The average molecular weight is 472 g/mol. The van der Waals surface area contributed by atoms with E-state index < -0.39 is 16.1 Å². The Balaban J connectivity index is 1.50. The van der Waals surface area contributed by atoms with Gasteiger partial charge in [0.25, 0.3) is 10.0 Å². The van der Waals surface area contributed by atoms with Crippen LogP contribution in [0.1, 0.15) is 30.1 Å². The number of rotatable bonds is 6. The van der Waals surface area contributed by atoms with Crippen LogP contribution in [-0.2, 0) is 21.9 Å². The van der Waals surface area contributed by atoms with E-state index in [1.54, 1.807) is 48.0 Å². The first kappa shape index (κ1) is 23.1. The van der Waals surface area contributed by atoms with Crippen LogP contribution in [0, 0.1) is 11.7 Å². The second kappa shape index (κ2) is 9.40. The zero-order valence-corrected chi connectivity index (χ0v) is 19.3. The summed E-state index contributed by atoms with van der Waals surface area (Å²) in [6.45, 7) is 0.488. The van der Waals surface area contributed by atoms with Crippen LogP contribution < -0.4 is 0 Å². The predicted molar refractivity (Wildman–Crippen MR) is 120 cm³/mol. The molecular formula is C23H26FN5O3S. The summed E-state index contributed by atoms with van der Waals surface area (Å²) in [4.78, 5) is 23.4. The van der Waals surface area contributed by atoms with Crippen LogP contribution in [0.15, 0.2) is 66.2 Å². The maximum Gasteiger partial charge on any atom is 0.262 e. The van der Waals surface area contributed by atoms with Gasteiger partial charge in [-0.15, -0.1) is 0 Å². The Morgan fingerprint density at radius 1 is 1.12 bits per heavy atom. The molecule has 4 rings (SSSR count). The predicted octanol–water partition coefficient (Wildman–Crippen LogP) is 2.60. The molecule has 33 heavy (non-hydrogen) atoms. The van der Waals surface area contributed by atoms with E-state index in [4.69, 9.17) is 0 Å². The van der Waals surface area contributed by atoms with Crippen molar-refractivity contribution in [1.29, 1.82) is 0 Å². The number of carbonyl (C=O) groups excluding carboxylic acids is 1. The van der Waals surface area contributed by atoms with E-state index in [-0.39, 0.29) is 35.8 Å². The number of aromatic nitrogens is 3. The lowest BCUT2D eigenvalue weighted by Crippen LogP contribution is -2.44. The van der Waals surface area contributed by atoms with Gasteiger partial charge in [0.05, 0.1) is 18.1 Å². The normalized spacial score (nSPS) is 16.5. The topological polar surface area (TPSA) is 88.4 Å². The van der Waals surface area contributed by atoms with Crippen molar-refractivity contribution in [3.05, 3.63) is 78.3 Å². The molecule has 3 heterocycles. The smallest absolute Gasteiger partial charge is 0.262 e. The van der Waals surface area contributed by atoms with E-state index in [9.17, 15) is 17.6 Å². The van der Waals surface area contributed by atoms with Crippen molar-refractivity contribution in [2.24, 2.45) is 13.0 Å². The van der Waals surface area contributed by atoms with E-state index in [2.05, 4.69) is 9.97 Å². The van der Waals surface area contributed by atoms with Crippen molar-refractivity contribution in [3.8, 4) is 0 Å². The van der Waals surface area contributed by atoms with E-state index in [1.165, 1.54) is 29.0 Å². The molecule has 0 aliphatic carbocycles. The molecule has 2 aromatic heterocycles. The number of carbonyl (C=O) groups is 1. The number of benzene rings is 1. The number of nitrogens with zero attached hydrogens (tertiary/aromatic N) is 5. The third kappa shape index (κ3) is 4.81. The molecule has 10 heteroatoms. The zero-order valence-electron chi connectivity index (χ0n) is 18.5. The molecule has 1 atom stereocenters. The summed E-state index contributed by atoms with van der Waals surface area (Å²) in [7, 11) is -0.261. The molecule has 1 aliphatic rings. The van der Waals surface area contributed by atoms with Crippen LogP contribution in [0.3, 0.4) is 0 Å². The molecule has 0 radical (unpaired) electrons. The molecule has 1 unspecified atom stereocenters. The van der Waals surface area contributed by atoms with Crippen molar-refractivity contribution in [2.45, 2.75) is 23.9 Å². The number of aryl methyl sites for hydroxylation is 1. The summed E-state index contributed by atoms with van der Waals surface area (Å²) < 4.78 is 42.1. The monoisotopic (exact) mass is 471 g/mol. The minimum absolute atomic E-state index is 0.0124. The molecule has 1 amide bonds. The second-order valence-electron chi connectivity index (χ2n) is 8.21. The molecule has 1 fully saturated rings. The highest BCUT2D eigenvalue weighted by Crippen LogP contribution is 2.31. The molecule has 3 aromatic rings. The van der Waals surface area contributed by atoms with Gasteiger partial charge < -0.3 is 9.47 Å². The van der Waals surface area contributed by atoms with Crippen LogP contribution in [-0.4, -0.2) is 58.2 Å². The fourth-order valence-corrected chi connectivity index (χ4v) is 5.62. The largest absolute Gasteiger partial charge is 0.339 e. The highest BCUT2D eigenvalue weighted by molar-refractivity contribution is 7.89. The Kier molecular flexibility index (Phi) is 6.57. The van der Waals surface area contributed by atoms with Crippen molar-refractivity contribution in [2.75, 3.05) is 20.1 Å². The van der Waals surface area contributed by atoms with Crippen LogP contribution in [0.4, 0.5) is 4.39 Å². The van der Waals surface area contributed by atoms with Crippen LogP contribution in [0.25, 0.3) is 0 Å². The maximum absolute atomic E-state index is 13.5. The van der Waals surface area contributed by atoms with Gasteiger partial charge in [0.2, 0.25) is 5.91 Å². The molecule has 174 valence electrons. The minimum Gasteiger partial charge on any atom is -0.339 e. The van der Waals surface area contributed by atoms with Crippen molar-refractivity contribution in [1.82, 2.24) is 23.7 Å². The molecule has 1 aromatic carbocycles. The molecular weight excluding hydrogens is 445 g/mol. The van der Waals surface area contributed by atoms with Crippen molar-refractivity contribution >= 4 is 15.9 Å². The summed E-state index contributed by atoms with van der Waals surface area (Å²) >= 11 is 0. The standard InChI is InChI=1S/C23H26FN5O3S/c1-27-15-21(26-16-27)33(31,32)29-13-10-18(11-14-29)23(30)28(2)22(20-5-3-4-12-25-20)17-6-8-19(24)9-7-17/h3-9,12,15-16,18,22H,10-11,13-14H2,1-2H3. The Morgan fingerprint density at radius 3 is 2.39 bits per heavy atom. The van der Waals surface area contributed by atoms with Gasteiger partial charge in [-0.1, -0.05) is 18.2 Å². The van der Waals surface area contributed by atoms with Crippen LogP contribution in [0.5, 0.6) is 0 Å². The fraction of sp³-hybridized carbons (Fsp3) is 0.348. The molecule has 0 bridgehead atoms. The van der Waals surface area contributed by atoms with Crippen molar-refractivity contribution in [3.63, 3.8) is 0 Å². The number of pyridine rings is 1. The Hall–Kier alpha value is -3.11. The van der Waals surface area contributed by atoms with Gasteiger partial charge >= 0.3 is 0 Å². The van der Waals surface area contributed by atoms with Gasteiger partial charge in [0, 0.05) is 45.5 Å². The van der Waals surface area contributed by atoms with Gasteiger partial charge in [-0.25, -0.2) is 17.8 Å². The Labute approximate surface area is 192 Å². The molecule has 1 saturated heterocycles. The lowest BCUT2D eigenvalue weighted by molar-refractivity contribution is -0.137. The Morgan fingerprint density at radius 2 is 1.82 bits per heavy atom.